The highest BCUT2D eigenvalue weighted by Gasteiger charge is 2.13. The molecule has 0 aromatic carbocycles. The smallest absolute Gasteiger partial charge is 0.174 e. The van der Waals surface area contributed by atoms with Gasteiger partial charge in [0.05, 0.1) is 0 Å². The maximum absolute atomic E-state index is 5.73. The first-order valence-corrected chi connectivity index (χ1v) is 6.08. The average Bonchev–Trinajstić information content (AvgIpc) is 1.62. The van der Waals surface area contributed by atoms with Gasteiger partial charge in [0.1, 0.15) is 0 Å². The second-order valence-corrected chi connectivity index (χ2v) is 6.12. The van der Waals surface area contributed by atoms with Crippen molar-refractivity contribution >= 4 is 9.04 Å². The summed E-state index contributed by atoms with van der Waals surface area (Å²) in [5.74, 6) is 0. The summed E-state index contributed by atoms with van der Waals surface area (Å²) in [5, 5.41) is 0. The van der Waals surface area contributed by atoms with Gasteiger partial charge in [0, 0.05) is 5.60 Å². The third-order valence-corrected chi connectivity index (χ3v) is 3.39. The third-order valence-electron chi connectivity index (χ3n) is 1.13. The Morgan fingerprint density at radius 1 is 1.33 bits per heavy atom. The summed E-state index contributed by atoms with van der Waals surface area (Å²) >= 11 is 0. The van der Waals surface area contributed by atoms with Crippen LogP contribution in [0, 0.1) is 0 Å². The molecule has 0 aliphatic heterocycles. The van der Waals surface area contributed by atoms with Crippen molar-refractivity contribution in [2.45, 2.75) is 45.9 Å². The van der Waals surface area contributed by atoms with E-state index in [4.69, 9.17) is 4.43 Å². The van der Waals surface area contributed by atoms with Crippen LogP contribution in [0.25, 0.3) is 0 Å². The van der Waals surface area contributed by atoms with Crippen molar-refractivity contribution < 1.29 is 4.43 Å². The Bertz CT molecular complexity index is 75.5. The molecule has 0 saturated carbocycles. The highest BCUT2D eigenvalue weighted by Crippen LogP contribution is 2.09. The highest BCUT2D eigenvalue weighted by atomic mass is 28.3. The minimum atomic E-state index is -0.806. The van der Waals surface area contributed by atoms with Crippen LogP contribution in [0.4, 0.5) is 0 Å². The Morgan fingerprint density at radius 2 is 1.78 bits per heavy atom. The quantitative estimate of drug-likeness (QED) is 0.543. The molecule has 0 N–H and O–H groups in total. The van der Waals surface area contributed by atoms with Crippen molar-refractivity contribution in [1.82, 2.24) is 0 Å². The Balaban J connectivity index is 3.47. The van der Waals surface area contributed by atoms with Gasteiger partial charge in [-0.1, -0.05) is 6.92 Å². The summed E-state index contributed by atoms with van der Waals surface area (Å²) in [4.78, 5) is 0. The molecule has 0 fully saturated rings. The van der Waals surface area contributed by atoms with Gasteiger partial charge >= 0.3 is 0 Å². The third kappa shape index (κ3) is 6.06. The highest BCUT2D eigenvalue weighted by molar-refractivity contribution is 6.50. The fourth-order valence-corrected chi connectivity index (χ4v) is 2.06. The molecule has 0 rings (SSSR count). The molecule has 9 heavy (non-hydrogen) atoms. The average molecular weight is 146 g/mol. The van der Waals surface area contributed by atoms with Crippen molar-refractivity contribution in [2.24, 2.45) is 0 Å². The van der Waals surface area contributed by atoms with Gasteiger partial charge in [0.25, 0.3) is 0 Å². The molecular formula is C7H18OSi. The standard InChI is InChI=1S/C7H18OSi/c1-6-9(5)8-7(2,3)4/h9H,6H2,1-5H3. The molecule has 0 aromatic heterocycles. The zero-order valence-corrected chi connectivity index (χ0v) is 8.35. The summed E-state index contributed by atoms with van der Waals surface area (Å²) in [6, 6.07) is 1.23. The first-order valence-electron chi connectivity index (χ1n) is 3.63. The molecular weight excluding hydrogens is 128 g/mol. The van der Waals surface area contributed by atoms with Crippen LogP contribution in [-0.2, 0) is 4.43 Å². The summed E-state index contributed by atoms with van der Waals surface area (Å²) in [6.45, 7) is 10.8. The normalized spacial score (nSPS) is 15.7. The van der Waals surface area contributed by atoms with Crippen LogP contribution in [0.15, 0.2) is 0 Å². The van der Waals surface area contributed by atoms with Crippen LogP contribution in [0.2, 0.25) is 12.6 Å². The van der Waals surface area contributed by atoms with E-state index >= 15 is 0 Å². The van der Waals surface area contributed by atoms with E-state index in [2.05, 4.69) is 34.2 Å². The minimum absolute atomic E-state index is 0.0850. The molecule has 0 amide bonds. The first kappa shape index (κ1) is 9.18. The van der Waals surface area contributed by atoms with Gasteiger partial charge in [-0.05, 0) is 33.4 Å². The summed E-state index contributed by atoms with van der Waals surface area (Å²) < 4.78 is 5.73. The molecule has 0 aromatic rings. The predicted molar refractivity (Wildman–Crippen MR) is 44.3 cm³/mol. The molecule has 0 bridgehead atoms. The lowest BCUT2D eigenvalue weighted by molar-refractivity contribution is 0.130. The number of hydrogen-bond donors (Lipinski definition) is 0. The fraction of sp³-hybridized carbons (Fsp3) is 1.00. The van der Waals surface area contributed by atoms with E-state index in [1.54, 1.807) is 0 Å². The Hall–Kier alpha value is 0.177. The Morgan fingerprint density at radius 3 is 1.89 bits per heavy atom. The van der Waals surface area contributed by atoms with E-state index in [1.807, 2.05) is 0 Å². The van der Waals surface area contributed by atoms with Crippen LogP contribution in [0.1, 0.15) is 27.7 Å². The van der Waals surface area contributed by atoms with Crippen LogP contribution < -0.4 is 0 Å². The van der Waals surface area contributed by atoms with Gasteiger partial charge in [0.2, 0.25) is 0 Å². The molecule has 0 saturated heterocycles. The fourth-order valence-electron chi connectivity index (χ4n) is 0.687. The van der Waals surface area contributed by atoms with Gasteiger partial charge in [-0.3, -0.25) is 0 Å². The van der Waals surface area contributed by atoms with Crippen LogP contribution in [0.5, 0.6) is 0 Å². The maximum Gasteiger partial charge on any atom is 0.174 e. The van der Waals surface area contributed by atoms with E-state index in [1.165, 1.54) is 6.04 Å². The van der Waals surface area contributed by atoms with Crippen LogP contribution in [0.3, 0.4) is 0 Å². The Labute approximate surface area is 60.1 Å². The number of hydrogen-bond acceptors (Lipinski definition) is 1. The molecule has 1 nitrogen and oxygen atoms in total. The van der Waals surface area contributed by atoms with Gasteiger partial charge in [-0.25, -0.2) is 0 Å². The SMILES string of the molecule is CC[SiH](C)OC(C)(C)C. The second-order valence-electron chi connectivity index (χ2n) is 3.45. The molecule has 56 valence electrons. The summed E-state index contributed by atoms with van der Waals surface area (Å²) in [6.07, 6.45) is 0. The van der Waals surface area contributed by atoms with Crippen molar-refractivity contribution in [3.63, 3.8) is 0 Å². The van der Waals surface area contributed by atoms with Crippen molar-refractivity contribution in [3.8, 4) is 0 Å². The molecule has 0 aliphatic carbocycles. The lowest BCUT2D eigenvalue weighted by atomic mass is 10.2. The van der Waals surface area contributed by atoms with Crippen LogP contribution >= 0.6 is 0 Å². The van der Waals surface area contributed by atoms with E-state index in [-0.39, 0.29) is 5.60 Å². The van der Waals surface area contributed by atoms with Gasteiger partial charge in [0.15, 0.2) is 9.04 Å². The second kappa shape index (κ2) is 3.37. The van der Waals surface area contributed by atoms with Crippen LogP contribution in [-0.4, -0.2) is 14.6 Å². The van der Waals surface area contributed by atoms with Gasteiger partial charge < -0.3 is 4.43 Å². The van der Waals surface area contributed by atoms with Gasteiger partial charge in [-0.15, -0.1) is 0 Å². The zero-order valence-electron chi connectivity index (χ0n) is 7.19. The molecule has 0 radical (unpaired) electrons. The molecule has 0 aliphatic rings. The monoisotopic (exact) mass is 146 g/mol. The molecule has 2 heteroatoms. The minimum Gasteiger partial charge on any atom is -0.416 e. The Kier molecular flexibility index (Phi) is 3.44. The summed E-state index contributed by atoms with van der Waals surface area (Å²) in [5.41, 5.74) is 0.0850. The van der Waals surface area contributed by atoms with E-state index in [0.29, 0.717) is 0 Å². The maximum atomic E-state index is 5.73. The van der Waals surface area contributed by atoms with E-state index in [0.717, 1.165) is 0 Å². The molecule has 1 unspecified atom stereocenters. The lowest BCUT2D eigenvalue weighted by Gasteiger charge is -2.23. The van der Waals surface area contributed by atoms with Gasteiger partial charge in [-0.2, -0.15) is 0 Å². The number of rotatable bonds is 2. The molecule has 1 atom stereocenters. The largest absolute Gasteiger partial charge is 0.416 e. The van der Waals surface area contributed by atoms with E-state index < -0.39 is 9.04 Å². The lowest BCUT2D eigenvalue weighted by Crippen LogP contribution is -2.27. The van der Waals surface area contributed by atoms with Crippen molar-refractivity contribution in [1.29, 1.82) is 0 Å². The zero-order chi connectivity index (χ0) is 7.49. The predicted octanol–water partition coefficient (Wildman–Crippen LogP) is 2.17. The van der Waals surface area contributed by atoms with Crippen molar-refractivity contribution in [3.05, 3.63) is 0 Å². The molecule has 0 spiro atoms. The summed E-state index contributed by atoms with van der Waals surface area (Å²) in [7, 11) is -0.806. The molecule has 0 heterocycles. The first-order chi connectivity index (χ1) is 3.95. The van der Waals surface area contributed by atoms with Crippen molar-refractivity contribution in [2.75, 3.05) is 0 Å². The topological polar surface area (TPSA) is 9.23 Å². The van der Waals surface area contributed by atoms with E-state index in [9.17, 15) is 0 Å².